The molecule has 0 spiro atoms. The molecule has 0 radical (unpaired) electrons. The molecule has 0 aliphatic heterocycles. The summed E-state index contributed by atoms with van der Waals surface area (Å²) in [5.74, 6) is -0.646. The van der Waals surface area contributed by atoms with Gasteiger partial charge in [0, 0.05) is 4.88 Å². The van der Waals surface area contributed by atoms with Gasteiger partial charge in [-0.25, -0.2) is 8.42 Å². The van der Waals surface area contributed by atoms with Gasteiger partial charge < -0.3 is 11.1 Å². The average molecular weight is 393 g/mol. The monoisotopic (exact) mass is 392 g/mol. The highest BCUT2D eigenvalue weighted by atomic mass is 32.2. The van der Waals surface area contributed by atoms with Crippen molar-refractivity contribution in [1.29, 1.82) is 0 Å². The van der Waals surface area contributed by atoms with Crippen LogP contribution in [-0.2, 0) is 22.7 Å². The van der Waals surface area contributed by atoms with Gasteiger partial charge in [0.15, 0.2) is 0 Å². The number of amides is 2. The highest BCUT2D eigenvalue weighted by molar-refractivity contribution is 8.06. The first kappa shape index (κ1) is 18.6. The Hall–Kier alpha value is -2.19. The third-order valence-electron chi connectivity index (χ3n) is 4.46. The number of anilines is 1. The van der Waals surface area contributed by atoms with Crippen LogP contribution in [0.15, 0.2) is 29.2 Å². The Morgan fingerprint density at radius 1 is 1.08 bits per heavy atom. The number of thiophene rings is 1. The van der Waals surface area contributed by atoms with Crippen molar-refractivity contribution in [2.24, 2.45) is 5.73 Å². The number of hydrogen-bond donors (Lipinski definition) is 2. The van der Waals surface area contributed by atoms with E-state index in [-0.39, 0.29) is 15.5 Å². The summed E-state index contributed by atoms with van der Waals surface area (Å²) < 4.78 is 25.0. The second-order valence-corrected chi connectivity index (χ2v) is 9.32. The molecule has 138 valence electrons. The minimum atomic E-state index is -4.20. The average Bonchev–Trinajstić information content (AvgIpc) is 2.76. The van der Waals surface area contributed by atoms with Gasteiger partial charge in [-0.3, -0.25) is 9.59 Å². The predicted molar refractivity (Wildman–Crippen MR) is 101 cm³/mol. The maximum absolute atomic E-state index is 12.5. The molecule has 0 saturated carbocycles. The SMILES string of the molecule is Cc1ccc(S(=O)(=O)C(=O)Nc2sc3c(c2C(N)=O)CCCCC3)cc1. The molecule has 26 heavy (non-hydrogen) atoms. The number of rotatable bonds is 3. The fourth-order valence-electron chi connectivity index (χ4n) is 3.08. The molecule has 2 amide bonds. The molecular formula is C18H20N2O4S2. The van der Waals surface area contributed by atoms with E-state index in [4.69, 9.17) is 5.73 Å². The zero-order valence-corrected chi connectivity index (χ0v) is 16.0. The summed E-state index contributed by atoms with van der Waals surface area (Å²) in [6, 6.07) is 6.04. The van der Waals surface area contributed by atoms with Crippen LogP contribution in [-0.4, -0.2) is 19.6 Å². The fourth-order valence-corrected chi connectivity index (χ4v) is 5.37. The first-order chi connectivity index (χ1) is 12.3. The van der Waals surface area contributed by atoms with Gasteiger partial charge in [-0.05, 0) is 50.3 Å². The van der Waals surface area contributed by atoms with Crippen molar-refractivity contribution in [3.05, 3.63) is 45.8 Å². The molecule has 8 heteroatoms. The van der Waals surface area contributed by atoms with E-state index < -0.39 is 21.0 Å². The molecular weight excluding hydrogens is 372 g/mol. The Bertz CT molecular complexity index is 960. The van der Waals surface area contributed by atoms with Gasteiger partial charge in [-0.15, -0.1) is 11.3 Å². The molecule has 3 N–H and O–H groups in total. The third-order valence-corrected chi connectivity index (χ3v) is 7.15. The van der Waals surface area contributed by atoms with Crippen LogP contribution < -0.4 is 11.1 Å². The minimum Gasteiger partial charge on any atom is -0.365 e. The van der Waals surface area contributed by atoms with Crippen molar-refractivity contribution in [2.75, 3.05) is 5.32 Å². The molecule has 1 heterocycles. The van der Waals surface area contributed by atoms with Crippen LogP contribution >= 0.6 is 11.3 Å². The van der Waals surface area contributed by atoms with Gasteiger partial charge >= 0.3 is 5.24 Å². The van der Waals surface area contributed by atoms with E-state index in [1.807, 2.05) is 6.92 Å². The molecule has 1 aromatic carbocycles. The van der Waals surface area contributed by atoms with E-state index in [2.05, 4.69) is 5.32 Å². The Morgan fingerprint density at radius 2 is 1.73 bits per heavy atom. The second kappa shape index (κ2) is 7.20. The van der Waals surface area contributed by atoms with E-state index in [1.165, 1.54) is 23.5 Å². The lowest BCUT2D eigenvalue weighted by molar-refractivity contribution is 0.100. The number of fused-ring (bicyclic) bond motifs is 1. The van der Waals surface area contributed by atoms with Gasteiger partial charge in [0.05, 0.1) is 10.5 Å². The molecule has 0 fully saturated rings. The Kier molecular flexibility index (Phi) is 5.15. The van der Waals surface area contributed by atoms with Crippen LogP contribution in [0.25, 0.3) is 0 Å². The van der Waals surface area contributed by atoms with Crippen molar-refractivity contribution >= 4 is 37.3 Å². The summed E-state index contributed by atoms with van der Waals surface area (Å²) in [5, 5.41) is 1.49. The summed E-state index contributed by atoms with van der Waals surface area (Å²) in [6.07, 6.45) is 4.54. The zero-order chi connectivity index (χ0) is 18.9. The third kappa shape index (κ3) is 3.52. The standard InChI is InChI=1S/C18H20N2O4S2/c1-11-7-9-12(10-8-11)26(23,24)18(22)20-17-15(16(19)21)13-5-3-2-4-6-14(13)25-17/h7-10H,2-6H2,1H3,(H2,19,21)(H,20,22). The maximum Gasteiger partial charge on any atom is 0.346 e. The number of carbonyl (C=O) groups excluding carboxylic acids is 2. The van der Waals surface area contributed by atoms with Crippen molar-refractivity contribution in [2.45, 2.75) is 43.9 Å². The van der Waals surface area contributed by atoms with Crippen LogP contribution in [0.1, 0.15) is 45.6 Å². The molecule has 0 atom stereocenters. The largest absolute Gasteiger partial charge is 0.365 e. The minimum absolute atomic E-state index is 0.0839. The van der Waals surface area contributed by atoms with Gasteiger partial charge in [0.2, 0.25) is 0 Å². The topological polar surface area (TPSA) is 106 Å². The first-order valence-electron chi connectivity index (χ1n) is 8.38. The van der Waals surface area contributed by atoms with E-state index in [1.54, 1.807) is 12.1 Å². The van der Waals surface area contributed by atoms with Gasteiger partial charge in [0.1, 0.15) is 5.00 Å². The molecule has 0 unspecified atom stereocenters. The summed E-state index contributed by atoms with van der Waals surface area (Å²) in [6.45, 7) is 1.83. The zero-order valence-electron chi connectivity index (χ0n) is 14.4. The predicted octanol–water partition coefficient (Wildman–Crippen LogP) is 3.43. The number of carbonyl (C=O) groups is 2. The van der Waals surface area contributed by atoms with Crippen LogP contribution in [0.3, 0.4) is 0 Å². The molecule has 0 bridgehead atoms. The first-order valence-corrected chi connectivity index (χ1v) is 10.7. The molecule has 3 rings (SSSR count). The number of aryl methyl sites for hydroxylation is 2. The van der Waals surface area contributed by atoms with Crippen molar-refractivity contribution in [3.8, 4) is 0 Å². The van der Waals surface area contributed by atoms with E-state index in [9.17, 15) is 18.0 Å². The molecule has 6 nitrogen and oxygen atoms in total. The smallest absolute Gasteiger partial charge is 0.346 e. The van der Waals surface area contributed by atoms with E-state index in [0.29, 0.717) is 6.42 Å². The van der Waals surface area contributed by atoms with Crippen LogP contribution in [0.2, 0.25) is 0 Å². The van der Waals surface area contributed by atoms with Gasteiger partial charge in [-0.2, -0.15) is 0 Å². The number of nitrogens with one attached hydrogen (secondary N) is 1. The number of primary amides is 1. The molecule has 0 saturated heterocycles. The lowest BCUT2D eigenvalue weighted by atomic mass is 10.1. The molecule has 2 aromatic rings. The van der Waals surface area contributed by atoms with Crippen LogP contribution in [0.5, 0.6) is 0 Å². The molecule has 1 aliphatic rings. The summed E-state index contributed by atoms with van der Waals surface area (Å²) in [4.78, 5) is 25.3. The number of nitrogens with two attached hydrogens (primary N) is 1. The molecule has 1 aliphatic carbocycles. The van der Waals surface area contributed by atoms with Crippen LogP contribution in [0.4, 0.5) is 9.80 Å². The summed E-state index contributed by atoms with van der Waals surface area (Å²) >= 11 is 1.25. The Balaban J connectivity index is 1.94. The van der Waals surface area contributed by atoms with Crippen molar-refractivity contribution < 1.29 is 18.0 Å². The normalized spacial score (nSPS) is 14.3. The number of benzene rings is 1. The highest BCUT2D eigenvalue weighted by Gasteiger charge is 2.29. The van der Waals surface area contributed by atoms with Crippen LogP contribution in [0, 0.1) is 6.92 Å². The Morgan fingerprint density at radius 3 is 2.38 bits per heavy atom. The Labute approximate surface area is 156 Å². The second-order valence-electron chi connectivity index (χ2n) is 6.36. The number of hydrogen-bond acceptors (Lipinski definition) is 5. The highest BCUT2D eigenvalue weighted by Crippen LogP contribution is 2.37. The fraction of sp³-hybridized carbons (Fsp3) is 0.333. The lowest BCUT2D eigenvalue weighted by Gasteiger charge is -2.07. The van der Waals surface area contributed by atoms with E-state index in [0.717, 1.165) is 41.7 Å². The van der Waals surface area contributed by atoms with Gasteiger partial charge in [0.25, 0.3) is 15.7 Å². The maximum atomic E-state index is 12.5. The lowest BCUT2D eigenvalue weighted by Crippen LogP contribution is -2.23. The van der Waals surface area contributed by atoms with Crippen molar-refractivity contribution in [1.82, 2.24) is 0 Å². The van der Waals surface area contributed by atoms with Gasteiger partial charge in [-0.1, -0.05) is 24.1 Å². The molecule has 1 aromatic heterocycles. The summed E-state index contributed by atoms with van der Waals surface area (Å²) in [7, 11) is -4.20. The van der Waals surface area contributed by atoms with Crippen molar-refractivity contribution in [3.63, 3.8) is 0 Å². The summed E-state index contributed by atoms with van der Waals surface area (Å²) in [5.41, 5.74) is 7.50. The number of sulfone groups is 1. The van der Waals surface area contributed by atoms with E-state index >= 15 is 0 Å². The quantitative estimate of drug-likeness (QED) is 0.780.